The molecule has 0 saturated heterocycles. The minimum Gasteiger partial charge on any atom is -0.0601 e. The van der Waals surface area contributed by atoms with E-state index in [2.05, 4.69) is 13.8 Å². The van der Waals surface area contributed by atoms with Crippen molar-refractivity contribution in [3.8, 4) is 0 Å². The Hall–Kier alpha value is -0.260. The van der Waals surface area contributed by atoms with E-state index in [0.29, 0.717) is 5.41 Å². The highest BCUT2D eigenvalue weighted by atomic mass is 14.5. The summed E-state index contributed by atoms with van der Waals surface area (Å²) < 4.78 is 0. The van der Waals surface area contributed by atoms with E-state index >= 15 is 0 Å². The molecule has 2 rings (SSSR count). The highest BCUT2D eigenvalue weighted by Crippen LogP contribution is 2.63. The van der Waals surface area contributed by atoms with Crippen molar-refractivity contribution in [1.29, 1.82) is 0 Å². The molecule has 0 heteroatoms. The smallest absolute Gasteiger partial charge is 0.00702 e. The molecule has 0 nitrogen and oxygen atoms in total. The van der Waals surface area contributed by atoms with Crippen LogP contribution >= 0.6 is 0 Å². The maximum absolute atomic E-state index is 2.32. The van der Waals surface area contributed by atoms with Crippen LogP contribution in [0.2, 0.25) is 0 Å². The summed E-state index contributed by atoms with van der Waals surface area (Å²) in [4.78, 5) is 0. The fraction of sp³-hybridized carbons (Fsp3) is 0.714. The molecule has 0 radical (unpaired) electrons. The van der Waals surface area contributed by atoms with Crippen LogP contribution in [0, 0.1) is 5.41 Å². The lowest BCUT2D eigenvalue weighted by molar-refractivity contribution is 0.696. The van der Waals surface area contributed by atoms with Crippen LogP contribution in [0.3, 0.4) is 0 Å². The minimum absolute atomic E-state index is 0.611. The SMILES string of the molecule is CC1(C)C2=C1CC2. The average molecular weight is 94.2 g/mol. The standard InChI is InChI=1S/C7H10/c1-7(2)5-3-4-6(5)7/h3-4H2,1-2H3. The van der Waals surface area contributed by atoms with E-state index in [4.69, 9.17) is 0 Å². The second-order valence-electron chi connectivity index (χ2n) is 3.08. The van der Waals surface area contributed by atoms with E-state index in [1.807, 2.05) is 0 Å². The zero-order valence-electron chi connectivity index (χ0n) is 4.91. The highest BCUT2D eigenvalue weighted by molar-refractivity contribution is 5.53. The Labute approximate surface area is 44.2 Å². The first-order valence-corrected chi connectivity index (χ1v) is 2.96. The Morgan fingerprint density at radius 1 is 1.14 bits per heavy atom. The van der Waals surface area contributed by atoms with Crippen LogP contribution < -0.4 is 0 Å². The molecule has 0 unspecified atom stereocenters. The van der Waals surface area contributed by atoms with Gasteiger partial charge in [-0.1, -0.05) is 25.0 Å². The summed E-state index contributed by atoms with van der Waals surface area (Å²) in [6.45, 7) is 4.65. The predicted molar refractivity (Wildman–Crippen MR) is 30.0 cm³/mol. The van der Waals surface area contributed by atoms with Crippen molar-refractivity contribution in [2.75, 3.05) is 0 Å². The average Bonchev–Trinajstić information content (AvgIpc) is 1.52. The third-order valence-electron chi connectivity index (χ3n) is 2.44. The molecular formula is C7H10. The molecule has 2 aliphatic rings. The topological polar surface area (TPSA) is 0 Å². The molecule has 0 amide bonds. The van der Waals surface area contributed by atoms with E-state index in [-0.39, 0.29) is 0 Å². The zero-order valence-corrected chi connectivity index (χ0v) is 4.91. The molecule has 0 aromatic heterocycles. The normalized spacial score (nSPS) is 31.7. The molecule has 0 aliphatic heterocycles. The summed E-state index contributed by atoms with van der Waals surface area (Å²) >= 11 is 0. The van der Waals surface area contributed by atoms with E-state index in [1.165, 1.54) is 12.8 Å². The Bertz CT molecular complexity index is 133. The van der Waals surface area contributed by atoms with Gasteiger partial charge in [-0.15, -0.1) is 0 Å². The monoisotopic (exact) mass is 94.1 g/mol. The van der Waals surface area contributed by atoms with Gasteiger partial charge in [0.05, 0.1) is 0 Å². The van der Waals surface area contributed by atoms with Crippen molar-refractivity contribution in [2.24, 2.45) is 5.41 Å². The van der Waals surface area contributed by atoms with Crippen LogP contribution in [0.1, 0.15) is 26.7 Å². The van der Waals surface area contributed by atoms with Crippen LogP contribution in [0.15, 0.2) is 11.1 Å². The summed E-state index contributed by atoms with van der Waals surface area (Å²) in [6.07, 6.45) is 2.81. The van der Waals surface area contributed by atoms with Gasteiger partial charge in [-0.05, 0) is 12.8 Å². The first-order chi connectivity index (χ1) is 3.23. The van der Waals surface area contributed by atoms with Crippen LogP contribution in [-0.2, 0) is 0 Å². The van der Waals surface area contributed by atoms with Gasteiger partial charge < -0.3 is 0 Å². The van der Waals surface area contributed by atoms with E-state index < -0.39 is 0 Å². The molecule has 0 heterocycles. The minimum atomic E-state index is 0.611. The lowest BCUT2D eigenvalue weighted by Gasteiger charge is -1.94. The van der Waals surface area contributed by atoms with Gasteiger partial charge in [0.2, 0.25) is 0 Å². The van der Waals surface area contributed by atoms with E-state index in [1.54, 1.807) is 11.1 Å². The van der Waals surface area contributed by atoms with Crippen LogP contribution in [-0.4, -0.2) is 0 Å². The van der Waals surface area contributed by atoms with Gasteiger partial charge >= 0.3 is 0 Å². The van der Waals surface area contributed by atoms with Gasteiger partial charge in [0.15, 0.2) is 0 Å². The van der Waals surface area contributed by atoms with E-state index in [0.717, 1.165) is 0 Å². The second kappa shape index (κ2) is 0.683. The largest absolute Gasteiger partial charge is 0.0601 e. The number of rotatable bonds is 0. The highest BCUT2D eigenvalue weighted by Gasteiger charge is 2.49. The summed E-state index contributed by atoms with van der Waals surface area (Å²) in [5.41, 5.74) is 4.12. The molecule has 0 spiro atoms. The Balaban J connectivity index is 2.31. The fourth-order valence-corrected chi connectivity index (χ4v) is 1.63. The van der Waals surface area contributed by atoms with Crippen molar-refractivity contribution in [1.82, 2.24) is 0 Å². The number of hydrogen-bond donors (Lipinski definition) is 0. The van der Waals surface area contributed by atoms with Crippen molar-refractivity contribution >= 4 is 0 Å². The molecule has 0 aromatic rings. The maximum atomic E-state index is 2.32. The molecule has 0 atom stereocenters. The summed E-state index contributed by atoms with van der Waals surface area (Å²) in [6, 6.07) is 0. The first-order valence-electron chi connectivity index (χ1n) is 2.96. The molecule has 0 aromatic carbocycles. The lowest BCUT2D eigenvalue weighted by Crippen LogP contribution is -1.85. The van der Waals surface area contributed by atoms with Gasteiger partial charge in [-0.3, -0.25) is 0 Å². The Kier molecular flexibility index (Phi) is 0.362. The molecule has 0 fully saturated rings. The lowest BCUT2D eigenvalue weighted by atomic mass is 10.1. The van der Waals surface area contributed by atoms with Gasteiger partial charge in [-0.2, -0.15) is 0 Å². The zero-order chi connectivity index (χ0) is 5.07. The van der Waals surface area contributed by atoms with Crippen molar-refractivity contribution in [2.45, 2.75) is 26.7 Å². The first kappa shape index (κ1) is 3.71. The molecular weight excluding hydrogens is 84.1 g/mol. The maximum Gasteiger partial charge on any atom is 0.00702 e. The third kappa shape index (κ3) is 0.229. The molecule has 7 heavy (non-hydrogen) atoms. The summed E-state index contributed by atoms with van der Waals surface area (Å²) in [5, 5.41) is 0. The van der Waals surface area contributed by atoms with Crippen LogP contribution in [0.4, 0.5) is 0 Å². The van der Waals surface area contributed by atoms with Crippen molar-refractivity contribution in [3.05, 3.63) is 11.1 Å². The third-order valence-corrected chi connectivity index (χ3v) is 2.44. The molecule has 2 aliphatic carbocycles. The van der Waals surface area contributed by atoms with Crippen LogP contribution in [0.25, 0.3) is 0 Å². The van der Waals surface area contributed by atoms with Crippen molar-refractivity contribution in [3.63, 3.8) is 0 Å². The Morgan fingerprint density at radius 3 is 1.57 bits per heavy atom. The van der Waals surface area contributed by atoms with Gasteiger partial charge in [-0.25, -0.2) is 0 Å². The molecule has 0 saturated carbocycles. The fourth-order valence-electron chi connectivity index (χ4n) is 1.63. The number of allylic oxidation sites excluding steroid dienone is 2. The molecule has 0 N–H and O–H groups in total. The Morgan fingerprint density at radius 2 is 1.57 bits per heavy atom. The quantitative estimate of drug-likeness (QED) is 0.403. The van der Waals surface area contributed by atoms with Crippen LogP contribution in [0.5, 0.6) is 0 Å². The summed E-state index contributed by atoms with van der Waals surface area (Å²) in [5.74, 6) is 0. The van der Waals surface area contributed by atoms with Gasteiger partial charge in [0.25, 0.3) is 0 Å². The number of hydrogen-bond acceptors (Lipinski definition) is 0. The predicted octanol–water partition coefficient (Wildman–Crippen LogP) is 2.12. The second-order valence-corrected chi connectivity index (χ2v) is 3.08. The van der Waals surface area contributed by atoms with Gasteiger partial charge in [0, 0.05) is 5.41 Å². The van der Waals surface area contributed by atoms with E-state index in [9.17, 15) is 0 Å². The van der Waals surface area contributed by atoms with Crippen molar-refractivity contribution < 1.29 is 0 Å². The summed E-state index contributed by atoms with van der Waals surface area (Å²) in [7, 11) is 0. The molecule has 0 bridgehead atoms. The molecule has 38 valence electrons. The van der Waals surface area contributed by atoms with Gasteiger partial charge in [0.1, 0.15) is 0 Å².